The predicted molar refractivity (Wildman–Crippen MR) is 84.3 cm³/mol. The topological polar surface area (TPSA) is 142 Å². The minimum absolute atomic E-state index is 0.0639. The molecule has 4 N–H and O–H groups in total. The summed E-state index contributed by atoms with van der Waals surface area (Å²) in [4.78, 5) is 22.1. The van der Waals surface area contributed by atoms with Gasteiger partial charge in [-0.1, -0.05) is 11.8 Å². The zero-order chi connectivity index (χ0) is 17.9. The van der Waals surface area contributed by atoms with E-state index in [2.05, 4.69) is 5.32 Å². The second-order valence-electron chi connectivity index (χ2n) is 5.30. The van der Waals surface area contributed by atoms with Crippen molar-refractivity contribution < 1.29 is 29.8 Å². The van der Waals surface area contributed by atoms with Gasteiger partial charge in [0.1, 0.15) is 23.7 Å². The lowest BCUT2D eigenvalue weighted by atomic mass is 9.98. The Morgan fingerprint density at radius 3 is 2.46 bits per heavy atom. The molecule has 0 aliphatic carbocycles. The van der Waals surface area contributed by atoms with Crippen molar-refractivity contribution in [3.05, 3.63) is 34.4 Å². The van der Waals surface area contributed by atoms with Crippen molar-refractivity contribution in [2.24, 2.45) is 0 Å². The van der Waals surface area contributed by atoms with Gasteiger partial charge in [0.15, 0.2) is 0 Å². The minimum Gasteiger partial charge on any atom is -0.394 e. The van der Waals surface area contributed by atoms with E-state index < -0.39 is 47.2 Å². The van der Waals surface area contributed by atoms with Crippen LogP contribution in [-0.4, -0.2) is 62.5 Å². The number of carbonyl (C=O) groups excluding carboxylic acids is 1. The van der Waals surface area contributed by atoms with Gasteiger partial charge in [0.25, 0.3) is 5.69 Å². The molecule has 24 heavy (non-hydrogen) atoms. The number of rotatable bonds is 5. The fourth-order valence-electron chi connectivity index (χ4n) is 2.35. The van der Waals surface area contributed by atoms with E-state index in [4.69, 9.17) is 4.74 Å². The molecule has 0 saturated carbocycles. The van der Waals surface area contributed by atoms with Crippen LogP contribution in [0.4, 0.5) is 5.69 Å². The van der Waals surface area contributed by atoms with Crippen molar-refractivity contribution in [2.45, 2.75) is 41.6 Å². The molecule has 0 radical (unpaired) electrons. The molecular weight excluding hydrogens is 340 g/mol. The van der Waals surface area contributed by atoms with Crippen LogP contribution in [-0.2, 0) is 9.53 Å². The highest BCUT2D eigenvalue weighted by molar-refractivity contribution is 7.99. The Bertz CT molecular complexity index is 597. The second kappa shape index (κ2) is 7.90. The average molecular weight is 358 g/mol. The van der Waals surface area contributed by atoms with E-state index in [0.29, 0.717) is 4.90 Å². The first-order chi connectivity index (χ1) is 11.3. The number of amides is 1. The van der Waals surface area contributed by atoms with Crippen LogP contribution in [0.25, 0.3) is 0 Å². The first-order valence-corrected chi connectivity index (χ1v) is 8.02. The minimum atomic E-state index is -1.35. The quantitative estimate of drug-likeness (QED) is 0.412. The summed E-state index contributed by atoms with van der Waals surface area (Å²) < 4.78 is 5.57. The highest BCUT2D eigenvalue weighted by Crippen LogP contribution is 2.34. The molecule has 0 spiro atoms. The molecule has 10 heteroatoms. The maximum absolute atomic E-state index is 11.3. The van der Waals surface area contributed by atoms with Gasteiger partial charge in [0, 0.05) is 24.0 Å². The number of thioether (sulfide) groups is 1. The zero-order valence-electron chi connectivity index (χ0n) is 12.7. The van der Waals surface area contributed by atoms with E-state index >= 15 is 0 Å². The monoisotopic (exact) mass is 358 g/mol. The summed E-state index contributed by atoms with van der Waals surface area (Å²) in [5, 5.41) is 42.6. The first kappa shape index (κ1) is 18.6. The summed E-state index contributed by atoms with van der Waals surface area (Å²) in [5.41, 5.74) is -0.850. The van der Waals surface area contributed by atoms with E-state index in [1.54, 1.807) is 0 Å². The number of ether oxygens (including phenoxy) is 1. The number of non-ortho nitro benzene ring substituents is 1. The molecule has 1 aromatic rings. The normalized spacial score (nSPS) is 29.9. The standard InChI is InChI=1S/C14H18N2O7S/c1-7(18)15-11-13(20)12(19)10(6-17)23-14(11)24-9-4-2-8(3-5-9)16(21)22/h2-5,10-14,17,19-20H,6H2,1H3,(H,15,18)/t10?,11-,12?,13?,14?/m0/s1. The number of nitrogens with one attached hydrogen (secondary N) is 1. The first-order valence-electron chi connectivity index (χ1n) is 7.14. The summed E-state index contributed by atoms with van der Waals surface area (Å²) in [7, 11) is 0. The van der Waals surface area contributed by atoms with Crippen molar-refractivity contribution in [3.8, 4) is 0 Å². The third-order valence-electron chi connectivity index (χ3n) is 3.55. The Morgan fingerprint density at radius 2 is 1.96 bits per heavy atom. The van der Waals surface area contributed by atoms with Gasteiger partial charge in [-0.25, -0.2) is 0 Å². The van der Waals surface area contributed by atoms with Crippen LogP contribution in [0, 0.1) is 10.1 Å². The summed E-state index contributed by atoms with van der Waals surface area (Å²) in [6.45, 7) is 0.771. The number of hydrogen-bond acceptors (Lipinski definition) is 8. The van der Waals surface area contributed by atoms with Crippen LogP contribution < -0.4 is 5.32 Å². The van der Waals surface area contributed by atoms with Crippen LogP contribution in [0.15, 0.2) is 29.2 Å². The number of aliphatic hydroxyl groups excluding tert-OH is 3. The molecule has 1 aliphatic rings. The van der Waals surface area contributed by atoms with Gasteiger partial charge in [-0.3, -0.25) is 14.9 Å². The number of nitro benzene ring substituents is 1. The Labute approximate surface area is 141 Å². The Kier molecular flexibility index (Phi) is 6.13. The van der Waals surface area contributed by atoms with Crippen LogP contribution in [0.2, 0.25) is 0 Å². The lowest BCUT2D eigenvalue weighted by Crippen LogP contribution is -2.63. The van der Waals surface area contributed by atoms with Gasteiger partial charge >= 0.3 is 0 Å². The van der Waals surface area contributed by atoms with Crippen molar-refractivity contribution in [3.63, 3.8) is 0 Å². The second-order valence-corrected chi connectivity index (χ2v) is 6.47. The largest absolute Gasteiger partial charge is 0.394 e. The van der Waals surface area contributed by atoms with Gasteiger partial charge in [0.05, 0.1) is 17.6 Å². The molecule has 9 nitrogen and oxygen atoms in total. The van der Waals surface area contributed by atoms with E-state index in [0.717, 1.165) is 11.8 Å². The molecule has 0 aromatic heterocycles. The number of hydrogen-bond donors (Lipinski definition) is 4. The lowest BCUT2D eigenvalue weighted by Gasteiger charge is -2.42. The fourth-order valence-corrected chi connectivity index (χ4v) is 3.49. The van der Waals surface area contributed by atoms with Crippen molar-refractivity contribution >= 4 is 23.4 Å². The van der Waals surface area contributed by atoms with Gasteiger partial charge in [0.2, 0.25) is 5.91 Å². The van der Waals surface area contributed by atoms with Crippen molar-refractivity contribution in [1.29, 1.82) is 0 Å². The average Bonchev–Trinajstić information content (AvgIpc) is 2.54. The van der Waals surface area contributed by atoms with E-state index in [-0.39, 0.29) is 5.69 Å². The fraction of sp³-hybridized carbons (Fsp3) is 0.500. The Morgan fingerprint density at radius 1 is 1.33 bits per heavy atom. The van der Waals surface area contributed by atoms with Crippen molar-refractivity contribution in [2.75, 3.05) is 6.61 Å². The molecule has 1 aromatic carbocycles. The number of aliphatic hydroxyl groups is 3. The molecule has 1 saturated heterocycles. The molecule has 1 fully saturated rings. The van der Waals surface area contributed by atoms with E-state index in [1.165, 1.54) is 31.2 Å². The van der Waals surface area contributed by atoms with Crippen molar-refractivity contribution in [1.82, 2.24) is 5.32 Å². The molecule has 1 amide bonds. The van der Waals surface area contributed by atoms with Gasteiger partial charge in [-0.15, -0.1) is 0 Å². The molecule has 1 aliphatic heterocycles. The summed E-state index contributed by atoms with van der Waals surface area (Å²) >= 11 is 1.12. The maximum Gasteiger partial charge on any atom is 0.269 e. The number of nitro groups is 1. The summed E-state index contributed by atoms with van der Waals surface area (Å²) in [6, 6.07) is 4.78. The molecule has 1 heterocycles. The lowest BCUT2D eigenvalue weighted by molar-refractivity contribution is -0.384. The maximum atomic E-state index is 11.3. The molecule has 2 rings (SSSR count). The smallest absolute Gasteiger partial charge is 0.269 e. The SMILES string of the molecule is CC(=O)N[C@@H]1C(Sc2ccc([N+](=O)[O-])cc2)OC(CO)C(O)C1O. The number of nitrogens with zero attached hydrogens (tertiary/aromatic N) is 1. The van der Waals surface area contributed by atoms with Gasteiger partial charge in [-0.05, 0) is 12.1 Å². The molecule has 5 atom stereocenters. The van der Waals surface area contributed by atoms with Crippen LogP contribution in [0.1, 0.15) is 6.92 Å². The predicted octanol–water partition coefficient (Wildman–Crippen LogP) is -0.369. The Hall–Kier alpha value is -1.72. The third-order valence-corrected chi connectivity index (χ3v) is 4.73. The van der Waals surface area contributed by atoms with Crippen LogP contribution in [0.3, 0.4) is 0 Å². The highest BCUT2D eigenvalue weighted by atomic mass is 32.2. The van der Waals surface area contributed by atoms with E-state index in [9.17, 15) is 30.2 Å². The molecule has 0 bridgehead atoms. The Balaban J connectivity index is 2.19. The van der Waals surface area contributed by atoms with Gasteiger partial charge < -0.3 is 25.4 Å². The number of carbonyl (C=O) groups is 1. The summed E-state index contributed by atoms with van der Waals surface area (Å²) in [6.07, 6.45) is -3.67. The molecule has 132 valence electrons. The number of benzene rings is 1. The molecule has 4 unspecified atom stereocenters. The summed E-state index contributed by atoms with van der Waals surface area (Å²) in [5.74, 6) is -0.411. The highest BCUT2D eigenvalue weighted by Gasteiger charge is 2.45. The van der Waals surface area contributed by atoms with E-state index in [1.807, 2.05) is 0 Å². The van der Waals surface area contributed by atoms with Crippen LogP contribution in [0.5, 0.6) is 0 Å². The van der Waals surface area contributed by atoms with Gasteiger partial charge in [-0.2, -0.15) is 0 Å². The van der Waals surface area contributed by atoms with Crippen LogP contribution >= 0.6 is 11.8 Å². The zero-order valence-corrected chi connectivity index (χ0v) is 13.5. The molecular formula is C14H18N2O7S. The third kappa shape index (κ3) is 4.22.